The van der Waals surface area contributed by atoms with Crippen LogP contribution in [0.5, 0.6) is 0 Å². The minimum absolute atomic E-state index is 0. The highest BCUT2D eigenvalue weighted by Gasteiger charge is 2.68. The highest BCUT2D eigenvalue weighted by molar-refractivity contribution is 5.85. The Labute approximate surface area is 90.8 Å². The maximum absolute atomic E-state index is 11.4. The van der Waals surface area contributed by atoms with Gasteiger partial charge in [0, 0.05) is 0 Å². The van der Waals surface area contributed by atoms with E-state index in [9.17, 15) is 4.79 Å². The summed E-state index contributed by atoms with van der Waals surface area (Å²) in [5, 5.41) is 0. The lowest BCUT2D eigenvalue weighted by Gasteiger charge is -2.71. The Balaban J connectivity index is 0.000000980. The minimum atomic E-state index is -0.380. The first-order chi connectivity index (χ1) is 6.01. The summed E-state index contributed by atoms with van der Waals surface area (Å²) in [5.41, 5.74) is 6.48. The first-order valence-corrected chi connectivity index (χ1v) is 4.94. The summed E-state index contributed by atoms with van der Waals surface area (Å²) in [6.45, 7) is 4.50. The molecule has 4 heteroatoms. The van der Waals surface area contributed by atoms with Crippen molar-refractivity contribution in [3.05, 3.63) is 0 Å². The van der Waals surface area contributed by atoms with Gasteiger partial charge >= 0.3 is 5.97 Å². The van der Waals surface area contributed by atoms with E-state index < -0.39 is 0 Å². The van der Waals surface area contributed by atoms with Gasteiger partial charge in [0.25, 0.3) is 0 Å². The van der Waals surface area contributed by atoms with Crippen LogP contribution in [-0.4, -0.2) is 18.6 Å². The van der Waals surface area contributed by atoms with Gasteiger partial charge in [0.15, 0.2) is 0 Å². The van der Waals surface area contributed by atoms with Gasteiger partial charge in [0.2, 0.25) is 0 Å². The zero-order chi connectivity index (χ0) is 9.69. The Morgan fingerprint density at radius 2 is 2.00 bits per heavy atom. The van der Waals surface area contributed by atoms with Crippen molar-refractivity contribution in [2.45, 2.75) is 39.2 Å². The van der Waals surface area contributed by atoms with E-state index in [2.05, 4.69) is 6.92 Å². The third kappa shape index (κ3) is 1.43. The molecular formula is C10H18ClNO2. The molecule has 3 nitrogen and oxygen atoms in total. The normalized spacial score (nSPS) is 39.9. The molecular weight excluding hydrogens is 202 g/mol. The van der Waals surface area contributed by atoms with Crippen molar-refractivity contribution < 1.29 is 9.53 Å². The quantitative estimate of drug-likeness (QED) is 0.732. The molecule has 0 amide bonds. The average Bonchev–Trinajstić information content (AvgIpc) is 1.96. The van der Waals surface area contributed by atoms with Crippen LogP contribution < -0.4 is 5.73 Å². The highest BCUT2D eigenvalue weighted by Crippen LogP contribution is 2.74. The molecule has 3 fully saturated rings. The van der Waals surface area contributed by atoms with Gasteiger partial charge in [-0.1, -0.05) is 6.92 Å². The standard InChI is InChI=1S/C10H17NO2.ClH/c1-3-13-8(12)7(11)10-4-9(2,5-10)6-10;/h7H,3-6,11H2,1-2H3;1H/t7-,9?,10?;/m1./s1. The number of carbonyl (C=O) groups excluding carboxylic acids is 1. The van der Waals surface area contributed by atoms with Gasteiger partial charge in [-0.15, -0.1) is 12.4 Å². The second-order valence-electron chi connectivity index (χ2n) is 4.93. The summed E-state index contributed by atoms with van der Waals surface area (Å²) < 4.78 is 4.92. The molecule has 0 heterocycles. The second kappa shape index (κ2) is 3.38. The summed E-state index contributed by atoms with van der Waals surface area (Å²) in [5.74, 6) is -0.218. The fraction of sp³-hybridized carbons (Fsp3) is 0.900. The summed E-state index contributed by atoms with van der Waals surface area (Å²) >= 11 is 0. The molecule has 3 aliphatic carbocycles. The van der Waals surface area contributed by atoms with Gasteiger partial charge in [-0.2, -0.15) is 0 Å². The Bertz CT molecular complexity index is 235. The van der Waals surface area contributed by atoms with Crippen LogP contribution in [0.25, 0.3) is 0 Å². The largest absolute Gasteiger partial charge is 0.465 e. The van der Waals surface area contributed by atoms with Crippen molar-refractivity contribution in [1.82, 2.24) is 0 Å². The van der Waals surface area contributed by atoms with Crippen LogP contribution in [-0.2, 0) is 9.53 Å². The van der Waals surface area contributed by atoms with Gasteiger partial charge < -0.3 is 10.5 Å². The first-order valence-electron chi connectivity index (χ1n) is 4.94. The number of hydrogen-bond donors (Lipinski definition) is 1. The minimum Gasteiger partial charge on any atom is -0.465 e. The van der Waals surface area contributed by atoms with E-state index in [-0.39, 0.29) is 29.8 Å². The molecule has 0 saturated heterocycles. The van der Waals surface area contributed by atoms with Crippen LogP contribution in [0.4, 0.5) is 0 Å². The van der Waals surface area contributed by atoms with Crippen molar-refractivity contribution in [1.29, 1.82) is 0 Å². The lowest BCUT2D eigenvalue weighted by atomic mass is 9.34. The van der Waals surface area contributed by atoms with Gasteiger partial charge in [0.1, 0.15) is 6.04 Å². The van der Waals surface area contributed by atoms with Crippen LogP contribution in [0.1, 0.15) is 33.1 Å². The number of esters is 1. The summed E-state index contributed by atoms with van der Waals surface area (Å²) in [4.78, 5) is 11.4. The topological polar surface area (TPSA) is 52.3 Å². The number of halogens is 1. The van der Waals surface area contributed by atoms with Crippen LogP contribution in [0.2, 0.25) is 0 Å². The van der Waals surface area contributed by atoms with E-state index in [1.807, 2.05) is 6.92 Å². The number of rotatable bonds is 3. The molecule has 1 atom stereocenters. The lowest BCUT2D eigenvalue weighted by molar-refractivity contribution is -0.212. The predicted octanol–water partition coefficient (Wildman–Crippen LogP) is 1.49. The van der Waals surface area contributed by atoms with Gasteiger partial charge in [-0.25, -0.2) is 0 Å². The first kappa shape index (κ1) is 11.8. The van der Waals surface area contributed by atoms with Crippen molar-refractivity contribution >= 4 is 18.4 Å². The molecule has 0 unspecified atom stereocenters. The molecule has 0 spiro atoms. The fourth-order valence-electron chi connectivity index (χ4n) is 3.21. The molecule has 2 N–H and O–H groups in total. The molecule has 0 aromatic rings. The zero-order valence-electron chi connectivity index (χ0n) is 8.71. The molecule has 0 aromatic heterocycles. The Morgan fingerprint density at radius 3 is 2.36 bits per heavy atom. The third-order valence-electron chi connectivity index (χ3n) is 3.54. The van der Waals surface area contributed by atoms with Crippen LogP contribution in [0.3, 0.4) is 0 Å². The molecule has 0 aromatic carbocycles. The van der Waals surface area contributed by atoms with Crippen LogP contribution in [0.15, 0.2) is 0 Å². The number of nitrogens with two attached hydrogens (primary N) is 1. The number of hydrogen-bond acceptors (Lipinski definition) is 3. The zero-order valence-corrected chi connectivity index (χ0v) is 9.52. The van der Waals surface area contributed by atoms with Crippen LogP contribution in [0, 0.1) is 10.8 Å². The summed E-state index contributed by atoms with van der Waals surface area (Å²) in [6.07, 6.45) is 3.33. The molecule has 3 rings (SSSR count). The predicted molar refractivity (Wildman–Crippen MR) is 56.2 cm³/mol. The van der Waals surface area contributed by atoms with Gasteiger partial charge in [0.05, 0.1) is 6.61 Å². The molecule has 14 heavy (non-hydrogen) atoms. The van der Waals surface area contributed by atoms with E-state index in [4.69, 9.17) is 10.5 Å². The molecule has 3 saturated carbocycles. The van der Waals surface area contributed by atoms with E-state index >= 15 is 0 Å². The third-order valence-corrected chi connectivity index (χ3v) is 3.54. The van der Waals surface area contributed by atoms with Crippen molar-refractivity contribution in [2.24, 2.45) is 16.6 Å². The SMILES string of the molecule is CCOC(=O)[C@@H](N)C12CC(C)(C1)C2.Cl. The molecule has 2 bridgehead atoms. The maximum atomic E-state index is 11.4. The van der Waals surface area contributed by atoms with E-state index in [1.54, 1.807) is 0 Å². The van der Waals surface area contributed by atoms with E-state index in [0.717, 1.165) is 19.3 Å². The Morgan fingerprint density at radius 1 is 1.50 bits per heavy atom. The van der Waals surface area contributed by atoms with Gasteiger partial charge in [-0.3, -0.25) is 4.79 Å². The number of ether oxygens (including phenoxy) is 1. The van der Waals surface area contributed by atoms with E-state index in [0.29, 0.717) is 12.0 Å². The fourth-order valence-corrected chi connectivity index (χ4v) is 3.21. The summed E-state index contributed by atoms with van der Waals surface area (Å²) in [6, 6.07) is -0.380. The average molecular weight is 220 g/mol. The highest BCUT2D eigenvalue weighted by atomic mass is 35.5. The van der Waals surface area contributed by atoms with Crippen molar-refractivity contribution in [3.8, 4) is 0 Å². The summed E-state index contributed by atoms with van der Waals surface area (Å²) in [7, 11) is 0. The maximum Gasteiger partial charge on any atom is 0.323 e. The molecule has 0 aliphatic heterocycles. The van der Waals surface area contributed by atoms with Gasteiger partial charge in [-0.05, 0) is 37.0 Å². The lowest BCUT2D eigenvalue weighted by Crippen LogP contribution is -2.69. The van der Waals surface area contributed by atoms with E-state index in [1.165, 1.54) is 0 Å². The smallest absolute Gasteiger partial charge is 0.323 e. The molecule has 3 aliphatic rings. The number of carbonyl (C=O) groups is 1. The monoisotopic (exact) mass is 219 g/mol. The van der Waals surface area contributed by atoms with Crippen LogP contribution >= 0.6 is 12.4 Å². The molecule has 0 radical (unpaired) electrons. The second-order valence-corrected chi connectivity index (χ2v) is 4.93. The van der Waals surface area contributed by atoms with Crippen molar-refractivity contribution in [3.63, 3.8) is 0 Å². The molecule has 82 valence electrons. The Hall–Kier alpha value is -0.280. The van der Waals surface area contributed by atoms with Crippen molar-refractivity contribution in [2.75, 3.05) is 6.61 Å². The Kier molecular flexibility index (Phi) is 2.85.